The lowest BCUT2D eigenvalue weighted by Crippen LogP contribution is -2.64. The van der Waals surface area contributed by atoms with Crippen LogP contribution in [0, 0.1) is 0 Å². The summed E-state index contributed by atoms with van der Waals surface area (Å²) in [5, 5.41) is 3.22. The van der Waals surface area contributed by atoms with Gasteiger partial charge in [0.2, 0.25) is 6.29 Å². The second-order valence-electron chi connectivity index (χ2n) is 6.53. The van der Waals surface area contributed by atoms with Crippen LogP contribution in [0.15, 0.2) is 30.3 Å². The molecule has 0 radical (unpaired) electrons. The maximum Gasteiger partial charge on any atom is 0.491 e. The van der Waals surface area contributed by atoms with E-state index in [0.717, 1.165) is 5.69 Å². The Hall–Kier alpha value is -1.80. The molecule has 2 fully saturated rings. The second-order valence-corrected chi connectivity index (χ2v) is 6.53. The zero-order valence-corrected chi connectivity index (χ0v) is 13.9. The summed E-state index contributed by atoms with van der Waals surface area (Å²) in [5.41, 5.74) is 0.230. The number of benzene rings is 1. The molecule has 138 valence electrons. The van der Waals surface area contributed by atoms with E-state index in [2.05, 4.69) is 5.32 Å². The monoisotopic (exact) mass is 358 g/mol. The number of hydrogen-bond acceptors (Lipinski definition) is 5. The van der Waals surface area contributed by atoms with Crippen LogP contribution < -0.4 is 10.2 Å². The van der Waals surface area contributed by atoms with Crippen molar-refractivity contribution < 1.29 is 27.4 Å². The van der Waals surface area contributed by atoms with Crippen molar-refractivity contribution in [2.45, 2.75) is 43.9 Å². The quantitative estimate of drug-likeness (QED) is 0.823. The Morgan fingerprint density at radius 1 is 1.28 bits per heavy atom. The molecule has 1 aromatic carbocycles. The summed E-state index contributed by atoms with van der Waals surface area (Å²) in [6.07, 6.45) is -5.03. The van der Waals surface area contributed by atoms with Gasteiger partial charge in [0.25, 0.3) is 0 Å². The smallest absolute Gasteiger partial charge is 0.427 e. The van der Waals surface area contributed by atoms with Gasteiger partial charge in [0.1, 0.15) is 0 Å². The van der Waals surface area contributed by atoms with Crippen LogP contribution in [-0.4, -0.2) is 49.7 Å². The molecule has 3 rings (SSSR count). The predicted molar refractivity (Wildman–Crippen MR) is 85.1 cm³/mol. The van der Waals surface area contributed by atoms with Crippen molar-refractivity contribution in [1.29, 1.82) is 0 Å². The number of alkyl halides is 3. The summed E-state index contributed by atoms with van der Waals surface area (Å²) >= 11 is 0. The zero-order chi connectivity index (χ0) is 18.1. The number of anilines is 1. The highest BCUT2D eigenvalue weighted by Crippen LogP contribution is 2.36. The summed E-state index contributed by atoms with van der Waals surface area (Å²) in [5.74, 6) is -2.22. The van der Waals surface area contributed by atoms with E-state index in [1.54, 1.807) is 6.92 Å². The summed E-state index contributed by atoms with van der Waals surface area (Å²) in [6, 6.07) is 8.84. The number of carbonyl (C=O) groups is 1. The minimum absolute atomic E-state index is 0.533. The molecule has 25 heavy (non-hydrogen) atoms. The zero-order valence-electron chi connectivity index (χ0n) is 13.9. The van der Waals surface area contributed by atoms with E-state index in [1.807, 2.05) is 35.2 Å². The fraction of sp³-hybridized carbons (Fsp3) is 0.588. The number of nitrogens with zero attached hydrogens (tertiary/aromatic N) is 1. The van der Waals surface area contributed by atoms with Crippen LogP contribution >= 0.6 is 0 Å². The van der Waals surface area contributed by atoms with Crippen LogP contribution in [0.1, 0.15) is 19.8 Å². The maximum atomic E-state index is 12.6. The van der Waals surface area contributed by atoms with Gasteiger partial charge in [-0.2, -0.15) is 13.2 Å². The molecule has 8 heteroatoms. The molecule has 0 bridgehead atoms. The van der Waals surface area contributed by atoms with E-state index in [0.29, 0.717) is 32.5 Å². The van der Waals surface area contributed by atoms with Crippen LogP contribution in [0.3, 0.4) is 0 Å². The number of nitrogens with one attached hydrogen (secondary N) is 1. The molecular formula is C17H21F3N2O3. The van der Waals surface area contributed by atoms with Gasteiger partial charge in [-0.25, -0.2) is 4.79 Å². The van der Waals surface area contributed by atoms with E-state index >= 15 is 0 Å². The van der Waals surface area contributed by atoms with Crippen LogP contribution in [-0.2, 0) is 14.3 Å². The topological polar surface area (TPSA) is 50.8 Å². The fourth-order valence-electron chi connectivity index (χ4n) is 3.38. The lowest BCUT2D eigenvalue weighted by molar-refractivity contribution is -0.259. The summed E-state index contributed by atoms with van der Waals surface area (Å²) < 4.78 is 48.5. The van der Waals surface area contributed by atoms with E-state index in [4.69, 9.17) is 9.47 Å². The number of halogens is 3. The Labute approximate surface area is 144 Å². The molecule has 5 nitrogen and oxygen atoms in total. The largest absolute Gasteiger partial charge is 0.491 e. The number of esters is 1. The maximum absolute atomic E-state index is 12.6. The molecule has 2 aliphatic rings. The molecule has 2 atom stereocenters. The van der Waals surface area contributed by atoms with Gasteiger partial charge in [-0.1, -0.05) is 18.2 Å². The lowest BCUT2D eigenvalue weighted by atomic mass is 9.88. The van der Waals surface area contributed by atoms with Gasteiger partial charge in [-0.05, 0) is 45.0 Å². The second kappa shape index (κ2) is 6.84. The molecule has 2 saturated heterocycles. The summed E-state index contributed by atoms with van der Waals surface area (Å²) in [6.45, 7) is 3.66. The Bertz CT molecular complexity index is 603. The first-order valence-electron chi connectivity index (χ1n) is 8.29. The average Bonchev–Trinajstić information content (AvgIpc) is 2.59. The highest BCUT2D eigenvalue weighted by molar-refractivity contribution is 5.75. The molecule has 1 aromatic rings. The van der Waals surface area contributed by atoms with Crippen LogP contribution in [0.25, 0.3) is 0 Å². The minimum atomic E-state index is -5.04. The molecule has 2 unspecified atom stereocenters. The van der Waals surface area contributed by atoms with Crippen molar-refractivity contribution in [2.24, 2.45) is 0 Å². The number of ether oxygens (including phenoxy) is 2. The number of para-hydroxylation sites is 1. The molecular weight excluding hydrogens is 337 g/mol. The van der Waals surface area contributed by atoms with Crippen LogP contribution in [0.2, 0.25) is 0 Å². The molecule has 1 spiro atoms. The van der Waals surface area contributed by atoms with E-state index in [-0.39, 0.29) is 0 Å². The van der Waals surface area contributed by atoms with Gasteiger partial charge in [0, 0.05) is 12.2 Å². The Morgan fingerprint density at radius 3 is 2.52 bits per heavy atom. The first kappa shape index (κ1) is 18.0. The van der Waals surface area contributed by atoms with Crippen molar-refractivity contribution in [3.63, 3.8) is 0 Å². The standard InChI is InChI=1S/C17H21F3N2O3/c1-12-14(24-15(23)17(18,19)20)25-16(7-9-21-10-8-16)11-22(12)13-5-3-2-4-6-13/h2-6,12,14,21H,7-11H2,1H3. The molecule has 0 saturated carbocycles. The van der Waals surface area contributed by atoms with Crippen molar-refractivity contribution in [3.05, 3.63) is 30.3 Å². The fourth-order valence-corrected chi connectivity index (χ4v) is 3.38. The van der Waals surface area contributed by atoms with Gasteiger partial charge >= 0.3 is 12.1 Å². The number of piperidine rings is 1. The normalized spacial score (nSPS) is 26.5. The highest BCUT2D eigenvalue weighted by Gasteiger charge is 2.50. The Kier molecular flexibility index (Phi) is 4.92. The van der Waals surface area contributed by atoms with Gasteiger partial charge in [-0.15, -0.1) is 0 Å². The predicted octanol–water partition coefficient (Wildman–Crippen LogP) is 2.47. The summed E-state index contributed by atoms with van der Waals surface area (Å²) in [4.78, 5) is 13.3. The van der Waals surface area contributed by atoms with Crippen molar-refractivity contribution in [2.75, 3.05) is 24.5 Å². The Morgan fingerprint density at radius 2 is 1.92 bits per heavy atom. The molecule has 0 aromatic heterocycles. The third-order valence-electron chi connectivity index (χ3n) is 4.77. The summed E-state index contributed by atoms with van der Waals surface area (Å²) in [7, 11) is 0. The van der Waals surface area contributed by atoms with Crippen molar-refractivity contribution in [1.82, 2.24) is 5.32 Å². The highest BCUT2D eigenvalue weighted by atomic mass is 19.4. The molecule has 2 aliphatic heterocycles. The van der Waals surface area contributed by atoms with Gasteiger partial charge in [0.05, 0.1) is 11.6 Å². The van der Waals surface area contributed by atoms with Gasteiger partial charge in [-0.3, -0.25) is 0 Å². The third kappa shape index (κ3) is 3.90. The van der Waals surface area contributed by atoms with Crippen molar-refractivity contribution >= 4 is 11.7 Å². The first-order valence-corrected chi connectivity index (χ1v) is 8.29. The molecule has 2 heterocycles. The molecule has 0 amide bonds. The number of carbonyl (C=O) groups excluding carboxylic acids is 1. The average molecular weight is 358 g/mol. The number of rotatable bonds is 2. The number of morpholine rings is 1. The molecule has 1 N–H and O–H groups in total. The molecule has 0 aliphatic carbocycles. The van der Waals surface area contributed by atoms with Gasteiger partial charge < -0.3 is 19.7 Å². The van der Waals surface area contributed by atoms with Crippen LogP contribution in [0.4, 0.5) is 18.9 Å². The minimum Gasteiger partial charge on any atom is -0.427 e. The van der Waals surface area contributed by atoms with Crippen molar-refractivity contribution in [3.8, 4) is 0 Å². The van der Waals surface area contributed by atoms with E-state index < -0.39 is 30.1 Å². The van der Waals surface area contributed by atoms with Crippen LogP contribution in [0.5, 0.6) is 0 Å². The van der Waals surface area contributed by atoms with Gasteiger partial charge in [0.15, 0.2) is 0 Å². The number of hydrogen-bond donors (Lipinski definition) is 1. The SMILES string of the molecule is CC1C(OC(=O)C(F)(F)F)OC2(CCNCC2)CN1c1ccccc1. The van der Waals surface area contributed by atoms with E-state index in [1.165, 1.54) is 0 Å². The first-order chi connectivity index (χ1) is 11.8. The lowest BCUT2D eigenvalue weighted by Gasteiger charge is -2.51. The third-order valence-corrected chi connectivity index (χ3v) is 4.77. The Balaban J connectivity index is 1.87. The van der Waals surface area contributed by atoms with E-state index in [9.17, 15) is 18.0 Å².